The zero-order chi connectivity index (χ0) is 21.5. The second-order valence-electron chi connectivity index (χ2n) is 6.66. The first kappa shape index (κ1) is 21.2. The predicted octanol–water partition coefficient (Wildman–Crippen LogP) is 3.36. The van der Waals surface area contributed by atoms with Gasteiger partial charge >= 0.3 is 0 Å². The lowest BCUT2D eigenvalue weighted by Gasteiger charge is -2.09. The van der Waals surface area contributed by atoms with Gasteiger partial charge in [-0.2, -0.15) is 0 Å². The number of imidazole rings is 1. The first-order valence-electron chi connectivity index (χ1n) is 9.81. The zero-order valence-electron chi connectivity index (χ0n) is 17.8. The van der Waals surface area contributed by atoms with E-state index in [0.29, 0.717) is 31.1 Å². The molecule has 0 atom stereocenters. The second-order valence-corrected chi connectivity index (χ2v) is 6.66. The molecule has 2 aromatic carbocycles. The molecular weight excluding hydrogens is 382 g/mol. The fraction of sp³-hybridized carbons (Fsp3) is 0.304. The van der Waals surface area contributed by atoms with Crippen LogP contribution in [-0.2, 0) is 18.3 Å². The summed E-state index contributed by atoms with van der Waals surface area (Å²) in [5.41, 5.74) is 2.76. The van der Waals surface area contributed by atoms with Crippen LogP contribution in [0.5, 0.6) is 17.2 Å². The number of nitrogens with one attached hydrogen (secondary N) is 1. The van der Waals surface area contributed by atoms with Gasteiger partial charge in [-0.15, -0.1) is 0 Å². The summed E-state index contributed by atoms with van der Waals surface area (Å²) in [7, 11) is 5.20. The molecule has 158 valence electrons. The number of amides is 1. The van der Waals surface area contributed by atoms with Crippen molar-refractivity contribution < 1.29 is 19.0 Å². The van der Waals surface area contributed by atoms with Gasteiger partial charge in [-0.1, -0.05) is 6.07 Å². The number of rotatable bonds is 9. The molecule has 1 amide bonds. The van der Waals surface area contributed by atoms with E-state index in [4.69, 9.17) is 14.2 Å². The summed E-state index contributed by atoms with van der Waals surface area (Å²) in [6.07, 6.45) is 3.88. The molecule has 0 aliphatic heterocycles. The summed E-state index contributed by atoms with van der Waals surface area (Å²) < 4.78 is 18.1. The van der Waals surface area contributed by atoms with Crippen LogP contribution in [0.4, 0.5) is 0 Å². The Morgan fingerprint density at radius 2 is 1.97 bits per heavy atom. The molecule has 1 heterocycles. The average Bonchev–Trinajstić information content (AvgIpc) is 3.07. The van der Waals surface area contributed by atoms with E-state index >= 15 is 0 Å². The number of hydrogen-bond donors (Lipinski definition) is 1. The molecule has 0 aliphatic carbocycles. The Hall–Kier alpha value is -3.48. The molecule has 7 heteroatoms. The first-order chi connectivity index (χ1) is 14.5. The zero-order valence-corrected chi connectivity index (χ0v) is 17.8. The van der Waals surface area contributed by atoms with E-state index in [1.54, 1.807) is 20.3 Å². The van der Waals surface area contributed by atoms with Crippen LogP contribution in [0.1, 0.15) is 18.3 Å². The third-order valence-electron chi connectivity index (χ3n) is 4.74. The van der Waals surface area contributed by atoms with Crippen molar-refractivity contribution in [2.45, 2.75) is 13.3 Å². The van der Waals surface area contributed by atoms with Crippen LogP contribution in [0, 0.1) is 0 Å². The number of methoxy groups -OCH3 is 2. The Bertz CT molecular complexity index is 1060. The molecule has 3 rings (SSSR count). The van der Waals surface area contributed by atoms with Crippen molar-refractivity contribution >= 4 is 23.0 Å². The molecule has 1 aromatic heterocycles. The van der Waals surface area contributed by atoms with Crippen molar-refractivity contribution in [3.63, 3.8) is 0 Å². The highest BCUT2D eigenvalue weighted by atomic mass is 16.5. The fourth-order valence-electron chi connectivity index (χ4n) is 3.17. The minimum Gasteiger partial charge on any atom is -0.497 e. The molecule has 0 saturated heterocycles. The molecule has 7 nitrogen and oxygen atoms in total. The van der Waals surface area contributed by atoms with Gasteiger partial charge in [0.25, 0.3) is 0 Å². The van der Waals surface area contributed by atoms with E-state index in [0.717, 1.165) is 28.2 Å². The highest BCUT2D eigenvalue weighted by Gasteiger charge is 2.09. The second kappa shape index (κ2) is 9.82. The van der Waals surface area contributed by atoms with E-state index in [2.05, 4.69) is 10.3 Å². The Morgan fingerprint density at radius 1 is 1.13 bits per heavy atom. The third-order valence-corrected chi connectivity index (χ3v) is 4.74. The molecule has 1 N–H and O–H groups in total. The summed E-state index contributed by atoms with van der Waals surface area (Å²) in [5.74, 6) is 2.83. The van der Waals surface area contributed by atoms with Crippen molar-refractivity contribution in [3.8, 4) is 17.2 Å². The number of carbonyl (C=O) groups is 1. The highest BCUT2D eigenvalue weighted by molar-refractivity contribution is 5.91. The minimum absolute atomic E-state index is 0.164. The smallest absolute Gasteiger partial charge is 0.244 e. The normalized spacial score (nSPS) is 11.1. The van der Waals surface area contributed by atoms with E-state index < -0.39 is 0 Å². The summed E-state index contributed by atoms with van der Waals surface area (Å²) >= 11 is 0. The molecule has 0 radical (unpaired) electrons. The van der Waals surface area contributed by atoms with Gasteiger partial charge < -0.3 is 24.1 Å². The maximum Gasteiger partial charge on any atom is 0.244 e. The van der Waals surface area contributed by atoms with E-state index in [1.165, 1.54) is 6.08 Å². The molecular formula is C23H27N3O4. The lowest BCUT2D eigenvalue weighted by molar-refractivity contribution is -0.116. The number of nitrogens with zero attached hydrogens (tertiary/aromatic N) is 2. The number of ether oxygens (including phenoxy) is 3. The highest BCUT2D eigenvalue weighted by Crippen LogP contribution is 2.28. The number of benzene rings is 2. The maximum absolute atomic E-state index is 12.2. The largest absolute Gasteiger partial charge is 0.497 e. The molecule has 0 bridgehead atoms. The molecule has 0 aliphatic rings. The number of carbonyl (C=O) groups excluding carboxylic acids is 1. The first-order valence-corrected chi connectivity index (χ1v) is 9.81. The molecule has 0 spiro atoms. The monoisotopic (exact) mass is 409 g/mol. The van der Waals surface area contributed by atoms with Gasteiger partial charge in [0.2, 0.25) is 5.91 Å². The van der Waals surface area contributed by atoms with Crippen molar-refractivity contribution in [1.29, 1.82) is 0 Å². The standard InChI is InChI=1S/C23H27N3O4/c1-5-30-20-10-6-16(14-21(20)29-4)7-11-23(27)24-13-12-22-25-18-15-17(28-3)8-9-19(18)26(22)2/h6-11,14-15H,5,12-13H2,1-4H3,(H,24,27)/b11-7+. The van der Waals surface area contributed by atoms with Crippen molar-refractivity contribution in [3.05, 3.63) is 53.9 Å². The van der Waals surface area contributed by atoms with Crippen LogP contribution in [0.15, 0.2) is 42.5 Å². The lowest BCUT2D eigenvalue weighted by Crippen LogP contribution is -2.24. The minimum atomic E-state index is -0.164. The van der Waals surface area contributed by atoms with E-state index in [-0.39, 0.29) is 5.91 Å². The average molecular weight is 409 g/mol. The molecule has 0 unspecified atom stereocenters. The topological polar surface area (TPSA) is 74.6 Å². The van der Waals surface area contributed by atoms with Crippen LogP contribution < -0.4 is 19.5 Å². The van der Waals surface area contributed by atoms with Crippen molar-refractivity contribution in [2.24, 2.45) is 7.05 Å². The maximum atomic E-state index is 12.2. The van der Waals surface area contributed by atoms with Gasteiger partial charge in [-0.3, -0.25) is 4.79 Å². The van der Waals surface area contributed by atoms with Crippen LogP contribution >= 0.6 is 0 Å². The van der Waals surface area contributed by atoms with Gasteiger partial charge in [0.1, 0.15) is 11.6 Å². The van der Waals surface area contributed by atoms with E-state index in [1.807, 2.05) is 54.9 Å². The molecule has 0 fully saturated rings. The van der Waals surface area contributed by atoms with Crippen molar-refractivity contribution in [2.75, 3.05) is 27.4 Å². The molecule has 30 heavy (non-hydrogen) atoms. The Labute approximate surface area is 176 Å². The van der Waals surface area contributed by atoms with Gasteiger partial charge in [0.05, 0.1) is 31.9 Å². The summed E-state index contributed by atoms with van der Waals surface area (Å²) in [5, 5.41) is 2.90. The Balaban J connectivity index is 1.57. The van der Waals surface area contributed by atoms with Crippen LogP contribution in [0.3, 0.4) is 0 Å². The fourth-order valence-corrected chi connectivity index (χ4v) is 3.17. The molecule has 3 aromatic rings. The Morgan fingerprint density at radius 3 is 2.70 bits per heavy atom. The van der Waals surface area contributed by atoms with E-state index in [9.17, 15) is 4.79 Å². The van der Waals surface area contributed by atoms with Crippen LogP contribution in [0.25, 0.3) is 17.1 Å². The quantitative estimate of drug-likeness (QED) is 0.549. The summed E-state index contributed by atoms with van der Waals surface area (Å²) in [4.78, 5) is 16.8. The number of aryl methyl sites for hydroxylation is 1. The molecule has 0 saturated carbocycles. The van der Waals surface area contributed by atoms with Crippen LogP contribution in [0.2, 0.25) is 0 Å². The SMILES string of the molecule is CCOc1ccc(/C=C/C(=O)NCCc2nc3cc(OC)ccc3n2C)cc1OC. The summed E-state index contributed by atoms with van der Waals surface area (Å²) in [6.45, 7) is 2.97. The predicted molar refractivity (Wildman–Crippen MR) is 117 cm³/mol. The third kappa shape index (κ3) is 4.92. The summed E-state index contributed by atoms with van der Waals surface area (Å²) in [6, 6.07) is 11.4. The Kier molecular flexibility index (Phi) is 6.95. The van der Waals surface area contributed by atoms with Crippen molar-refractivity contribution in [1.82, 2.24) is 14.9 Å². The lowest BCUT2D eigenvalue weighted by atomic mass is 10.2. The number of fused-ring (bicyclic) bond motifs is 1. The number of aromatic nitrogens is 2. The van der Waals surface area contributed by atoms with Gasteiger partial charge in [0.15, 0.2) is 11.5 Å². The van der Waals surface area contributed by atoms with Crippen LogP contribution in [-0.4, -0.2) is 42.8 Å². The van der Waals surface area contributed by atoms with Gasteiger partial charge in [-0.25, -0.2) is 4.98 Å². The van der Waals surface area contributed by atoms with Gasteiger partial charge in [0, 0.05) is 32.2 Å². The van der Waals surface area contributed by atoms with Gasteiger partial charge in [-0.05, 0) is 42.8 Å². The number of hydrogen-bond acceptors (Lipinski definition) is 5.